The third-order valence-electron chi connectivity index (χ3n) is 3.36. The van der Waals surface area contributed by atoms with E-state index in [9.17, 15) is 4.79 Å². The van der Waals surface area contributed by atoms with Crippen LogP contribution in [0.2, 0.25) is 0 Å². The lowest BCUT2D eigenvalue weighted by Gasteiger charge is -2.23. The van der Waals surface area contributed by atoms with Crippen LogP contribution in [0.1, 0.15) is 34.1 Å². The summed E-state index contributed by atoms with van der Waals surface area (Å²) < 4.78 is 1.79. The van der Waals surface area contributed by atoms with Crippen LogP contribution in [-0.2, 0) is 7.05 Å². The van der Waals surface area contributed by atoms with E-state index < -0.39 is 0 Å². The lowest BCUT2D eigenvalue weighted by atomic mass is 10.1. The highest BCUT2D eigenvalue weighted by Gasteiger charge is 2.31. The molecule has 0 spiro atoms. The maximum absolute atomic E-state index is 12.4. The van der Waals surface area contributed by atoms with Gasteiger partial charge in [-0.3, -0.25) is 9.48 Å². The van der Waals surface area contributed by atoms with Gasteiger partial charge in [-0.2, -0.15) is 5.10 Å². The van der Waals surface area contributed by atoms with Crippen molar-refractivity contribution in [2.75, 3.05) is 6.54 Å². The lowest BCUT2D eigenvalue weighted by molar-refractivity contribution is 0.0740. The standard InChI is InChI=1S/C13H15N3OS/c1-15-9-10(8-14-15)11-4-2-6-16(11)13(17)12-5-3-7-18-12/h3,5,7-9,11H,2,4,6H2,1H3. The summed E-state index contributed by atoms with van der Waals surface area (Å²) in [5, 5.41) is 6.15. The quantitative estimate of drug-likeness (QED) is 0.833. The minimum atomic E-state index is 0.149. The van der Waals surface area contributed by atoms with Crippen LogP contribution in [-0.4, -0.2) is 27.1 Å². The Bertz CT molecular complexity index is 546. The lowest BCUT2D eigenvalue weighted by Crippen LogP contribution is -2.29. The fourth-order valence-electron chi connectivity index (χ4n) is 2.51. The van der Waals surface area contributed by atoms with Crippen molar-refractivity contribution in [3.8, 4) is 0 Å². The summed E-state index contributed by atoms with van der Waals surface area (Å²) >= 11 is 1.51. The van der Waals surface area contributed by atoms with Gasteiger partial charge in [0.1, 0.15) is 0 Å². The molecule has 0 radical (unpaired) electrons. The van der Waals surface area contributed by atoms with Gasteiger partial charge in [0.05, 0.1) is 17.1 Å². The molecule has 18 heavy (non-hydrogen) atoms. The average molecular weight is 261 g/mol. The zero-order valence-electron chi connectivity index (χ0n) is 10.2. The number of likely N-dealkylation sites (tertiary alicyclic amines) is 1. The van der Waals surface area contributed by atoms with Crippen molar-refractivity contribution in [3.63, 3.8) is 0 Å². The molecular formula is C13H15N3OS. The zero-order chi connectivity index (χ0) is 12.5. The molecule has 0 N–H and O–H groups in total. The van der Waals surface area contributed by atoms with Crippen LogP contribution >= 0.6 is 11.3 Å². The normalized spacial score (nSPS) is 19.4. The third kappa shape index (κ3) is 1.95. The van der Waals surface area contributed by atoms with Crippen molar-refractivity contribution in [1.82, 2.24) is 14.7 Å². The van der Waals surface area contributed by atoms with Gasteiger partial charge in [-0.15, -0.1) is 11.3 Å². The summed E-state index contributed by atoms with van der Waals surface area (Å²) in [6.07, 6.45) is 5.97. The molecule has 94 valence electrons. The third-order valence-corrected chi connectivity index (χ3v) is 4.21. The summed E-state index contributed by atoms with van der Waals surface area (Å²) in [4.78, 5) is 15.2. The van der Waals surface area contributed by atoms with Crippen LogP contribution in [0.4, 0.5) is 0 Å². The smallest absolute Gasteiger partial charge is 0.264 e. The first-order chi connectivity index (χ1) is 8.75. The van der Waals surface area contributed by atoms with E-state index >= 15 is 0 Å². The first kappa shape index (κ1) is 11.5. The number of amides is 1. The van der Waals surface area contributed by atoms with E-state index in [4.69, 9.17) is 0 Å². The predicted octanol–water partition coefficient (Wildman–Crippen LogP) is 2.46. The molecule has 1 atom stereocenters. The first-order valence-electron chi connectivity index (χ1n) is 6.09. The first-order valence-corrected chi connectivity index (χ1v) is 6.96. The summed E-state index contributed by atoms with van der Waals surface area (Å²) in [5.74, 6) is 0.149. The van der Waals surface area contributed by atoms with Gasteiger partial charge >= 0.3 is 0 Å². The predicted molar refractivity (Wildman–Crippen MR) is 70.5 cm³/mol. The molecule has 5 heteroatoms. The summed E-state index contributed by atoms with van der Waals surface area (Å²) in [6, 6.07) is 4.01. The molecule has 3 rings (SSSR count). The Hall–Kier alpha value is -1.62. The van der Waals surface area contributed by atoms with Gasteiger partial charge in [-0.1, -0.05) is 6.07 Å². The Labute approximate surface area is 110 Å². The van der Waals surface area contributed by atoms with E-state index in [0.29, 0.717) is 0 Å². The Morgan fingerprint density at radius 3 is 3.11 bits per heavy atom. The summed E-state index contributed by atoms with van der Waals surface area (Å²) in [5.41, 5.74) is 1.14. The van der Waals surface area contributed by atoms with Crippen LogP contribution < -0.4 is 0 Å². The zero-order valence-corrected chi connectivity index (χ0v) is 11.1. The van der Waals surface area contributed by atoms with E-state index in [2.05, 4.69) is 5.10 Å². The van der Waals surface area contributed by atoms with E-state index in [1.165, 1.54) is 11.3 Å². The van der Waals surface area contributed by atoms with Crippen molar-refractivity contribution in [2.24, 2.45) is 7.05 Å². The molecular weight excluding hydrogens is 246 g/mol. The molecule has 1 amide bonds. The van der Waals surface area contributed by atoms with Gasteiger partial charge in [0.15, 0.2) is 0 Å². The number of hydrogen-bond acceptors (Lipinski definition) is 3. The number of rotatable bonds is 2. The van der Waals surface area contributed by atoms with E-state index in [0.717, 1.165) is 29.8 Å². The summed E-state index contributed by atoms with van der Waals surface area (Å²) in [6.45, 7) is 0.844. The molecule has 0 aromatic carbocycles. The maximum atomic E-state index is 12.4. The molecule has 2 aromatic rings. The number of carbonyl (C=O) groups is 1. The maximum Gasteiger partial charge on any atom is 0.264 e. The van der Waals surface area contributed by atoms with Crippen molar-refractivity contribution < 1.29 is 4.79 Å². The number of carbonyl (C=O) groups excluding carboxylic acids is 1. The molecule has 1 aliphatic rings. The molecule has 2 aromatic heterocycles. The highest BCUT2D eigenvalue weighted by Crippen LogP contribution is 2.33. The molecule has 1 unspecified atom stereocenters. The molecule has 3 heterocycles. The summed E-state index contributed by atoms with van der Waals surface area (Å²) in [7, 11) is 1.91. The Balaban J connectivity index is 1.85. The van der Waals surface area contributed by atoms with Crippen LogP contribution in [0.5, 0.6) is 0 Å². The molecule has 1 saturated heterocycles. The second-order valence-electron chi connectivity index (χ2n) is 4.58. The van der Waals surface area contributed by atoms with E-state index in [-0.39, 0.29) is 11.9 Å². The second-order valence-corrected chi connectivity index (χ2v) is 5.53. The van der Waals surface area contributed by atoms with Crippen molar-refractivity contribution in [2.45, 2.75) is 18.9 Å². The Morgan fingerprint density at radius 2 is 2.44 bits per heavy atom. The fraction of sp³-hybridized carbons (Fsp3) is 0.385. The van der Waals surface area contributed by atoms with Crippen molar-refractivity contribution in [3.05, 3.63) is 40.3 Å². The van der Waals surface area contributed by atoms with Gasteiger partial charge in [-0.05, 0) is 24.3 Å². The van der Waals surface area contributed by atoms with Crippen molar-refractivity contribution in [1.29, 1.82) is 0 Å². The second kappa shape index (κ2) is 4.57. The molecule has 0 bridgehead atoms. The largest absolute Gasteiger partial charge is 0.331 e. The van der Waals surface area contributed by atoms with Gasteiger partial charge in [-0.25, -0.2) is 0 Å². The highest BCUT2D eigenvalue weighted by molar-refractivity contribution is 7.12. The molecule has 0 aliphatic carbocycles. The van der Waals surface area contributed by atoms with E-state index in [1.807, 2.05) is 41.9 Å². The van der Waals surface area contributed by atoms with Crippen LogP contribution in [0.3, 0.4) is 0 Å². The van der Waals surface area contributed by atoms with E-state index in [1.54, 1.807) is 4.68 Å². The number of nitrogens with zero attached hydrogens (tertiary/aromatic N) is 3. The number of hydrogen-bond donors (Lipinski definition) is 0. The monoisotopic (exact) mass is 261 g/mol. The average Bonchev–Trinajstić information content (AvgIpc) is 3.09. The number of aromatic nitrogens is 2. The van der Waals surface area contributed by atoms with Crippen molar-refractivity contribution >= 4 is 17.2 Å². The molecule has 1 fully saturated rings. The molecule has 4 nitrogen and oxygen atoms in total. The SMILES string of the molecule is Cn1cc(C2CCCN2C(=O)c2cccs2)cn1. The number of thiophene rings is 1. The fourth-order valence-corrected chi connectivity index (χ4v) is 3.19. The van der Waals surface area contributed by atoms with Crippen LogP contribution in [0.25, 0.3) is 0 Å². The minimum absolute atomic E-state index is 0.149. The van der Waals surface area contributed by atoms with Gasteiger partial charge in [0.2, 0.25) is 0 Å². The number of aryl methyl sites for hydroxylation is 1. The molecule has 1 aliphatic heterocycles. The Kier molecular flexibility index (Phi) is 2.91. The van der Waals surface area contributed by atoms with Crippen LogP contribution in [0.15, 0.2) is 29.9 Å². The van der Waals surface area contributed by atoms with Gasteiger partial charge in [0, 0.05) is 25.4 Å². The van der Waals surface area contributed by atoms with Gasteiger partial charge in [0.25, 0.3) is 5.91 Å². The minimum Gasteiger partial charge on any atom is -0.331 e. The Morgan fingerprint density at radius 1 is 1.56 bits per heavy atom. The highest BCUT2D eigenvalue weighted by atomic mass is 32.1. The van der Waals surface area contributed by atoms with Crippen LogP contribution in [0, 0.1) is 0 Å². The molecule has 0 saturated carbocycles. The topological polar surface area (TPSA) is 38.1 Å². The van der Waals surface area contributed by atoms with Gasteiger partial charge < -0.3 is 4.90 Å².